The molecule has 200 valence electrons. The lowest BCUT2D eigenvalue weighted by molar-refractivity contribution is -0.274. The number of anilines is 1. The first-order valence-corrected chi connectivity index (χ1v) is 11.9. The number of carbonyl (C=O) groups is 3. The molecular formula is C26H28ClF3N2O5. The smallest absolute Gasteiger partial charge is 0.422 e. The topological polar surface area (TPSA) is 105 Å². The minimum absolute atomic E-state index is 0.0102. The predicted octanol–water partition coefficient (Wildman–Crippen LogP) is 5.02. The standard InChI is InChI=1S/C26H28ClF3N2O5/c1-13-18-11-16(7-9-20(18)32-22(13)34)25(36,26(28,29)30)14(2)17-8-6-15(10-19(17)27)23(35)31-12-21(33)37-24(3,4)5/h6-11,13-14,36H,12H2,1-5H3,(H,31,35)(H,32,34). The van der Waals surface area contributed by atoms with Crippen molar-refractivity contribution in [3.05, 3.63) is 63.7 Å². The Kier molecular flexibility index (Phi) is 7.68. The van der Waals surface area contributed by atoms with E-state index < -0.39 is 53.2 Å². The number of benzene rings is 2. The first kappa shape index (κ1) is 28.5. The van der Waals surface area contributed by atoms with Crippen molar-refractivity contribution in [3.63, 3.8) is 0 Å². The van der Waals surface area contributed by atoms with Crippen LogP contribution in [0.3, 0.4) is 0 Å². The second kappa shape index (κ2) is 9.98. The van der Waals surface area contributed by atoms with Gasteiger partial charge in [-0.1, -0.05) is 30.7 Å². The Bertz CT molecular complexity index is 1240. The van der Waals surface area contributed by atoms with Crippen molar-refractivity contribution in [3.8, 4) is 0 Å². The Morgan fingerprint density at radius 1 is 1.16 bits per heavy atom. The van der Waals surface area contributed by atoms with Crippen molar-refractivity contribution in [1.29, 1.82) is 0 Å². The lowest BCUT2D eigenvalue weighted by Crippen LogP contribution is -2.46. The van der Waals surface area contributed by atoms with E-state index in [-0.39, 0.29) is 22.1 Å². The Morgan fingerprint density at radius 3 is 2.38 bits per heavy atom. The first-order chi connectivity index (χ1) is 17.0. The second-order valence-corrected chi connectivity index (χ2v) is 10.4. The molecule has 7 nitrogen and oxygen atoms in total. The predicted molar refractivity (Wildman–Crippen MR) is 131 cm³/mol. The Balaban J connectivity index is 1.89. The highest BCUT2D eigenvalue weighted by Crippen LogP contribution is 2.51. The number of carbonyl (C=O) groups excluding carboxylic acids is 3. The van der Waals surface area contributed by atoms with Crippen LogP contribution >= 0.6 is 11.6 Å². The molecule has 0 saturated carbocycles. The molecule has 1 heterocycles. The van der Waals surface area contributed by atoms with E-state index in [4.69, 9.17) is 16.3 Å². The molecule has 2 amide bonds. The molecule has 0 saturated heterocycles. The molecule has 11 heteroatoms. The van der Waals surface area contributed by atoms with Gasteiger partial charge in [0.15, 0.2) is 5.60 Å². The zero-order chi connectivity index (χ0) is 27.9. The van der Waals surface area contributed by atoms with Gasteiger partial charge in [0, 0.05) is 22.2 Å². The van der Waals surface area contributed by atoms with Gasteiger partial charge in [0.2, 0.25) is 5.91 Å². The van der Waals surface area contributed by atoms with Gasteiger partial charge in [-0.2, -0.15) is 13.2 Å². The van der Waals surface area contributed by atoms with E-state index in [0.29, 0.717) is 11.3 Å². The number of nitrogens with one attached hydrogen (secondary N) is 2. The van der Waals surface area contributed by atoms with Crippen LogP contribution in [0.1, 0.15) is 73.5 Å². The largest absolute Gasteiger partial charge is 0.459 e. The number of alkyl halides is 3. The maximum absolute atomic E-state index is 14.4. The van der Waals surface area contributed by atoms with Crippen LogP contribution in [-0.2, 0) is 19.9 Å². The molecule has 0 aliphatic carbocycles. The number of fused-ring (bicyclic) bond motifs is 1. The molecular weight excluding hydrogens is 513 g/mol. The monoisotopic (exact) mass is 540 g/mol. The van der Waals surface area contributed by atoms with E-state index in [9.17, 15) is 32.7 Å². The summed E-state index contributed by atoms with van der Waals surface area (Å²) < 4.78 is 48.3. The van der Waals surface area contributed by atoms with Crippen molar-refractivity contribution in [2.75, 3.05) is 11.9 Å². The Labute approximate surface area is 217 Å². The van der Waals surface area contributed by atoms with Crippen LogP contribution < -0.4 is 10.6 Å². The lowest BCUT2D eigenvalue weighted by Gasteiger charge is -2.37. The Hall–Kier alpha value is -3.11. The molecule has 0 fully saturated rings. The maximum atomic E-state index is 14.4. The van der Waals surface area contributed by atoms with Crippen molar-refractivity contribution in [2.24, 2.45) is 0 Å². The molecule has 0 aromatic heterocycles. The second-order valence-electron chi connectivity index (χ2n) is 10.0. The molecule has 3 rings (SSSR count). The summed E-state index contributed by atoms with van der Waals surface area (Å²) in [7, 11) is 0. The van der Waals surface area contributed by atoms with Gasteiger partial charge in [-0.15, -0.1) is 0 Å². The zero-order valence-corrected chi connectivity index (χ0v) is 21.7. The molecule has 0 radical (unpaired) electrons. The van der Waals surface area contributed by atoms with E-state index in [1.54, 1.807) is 27.7 Å². The molecule has 2 aromatic carbocycles. The summed E-state index contributed by atoms with van der Waals surface area (Å²) in [6.45, 7) is 7.35. The molecule has 2 aromatic rings. The van der Waals surface area contributed by atoms with Gasteiger partial charge >= 0.3 is 12.1 Å². The van der Waals surface area contributed by atoms with Crippen LogP contribution in [0.15, 0.2) is 36.4 Å². The van der Waals surface area contributed by atoms with Gasteiger partial charge in [0.1, 0.15) is 12.1 Å². The van der Waals surface area contributed by atoms with E-state index in [1.165, 1.54) is 37.3 Å². The highest BCUT2D eigenvalue weighted by Gasteiger charge is 2.59. The van der Waals surface area contributed by atoms with Crippen molar-refractivity contribution < 1.29 is 37.4 Å². The van der Waals surface area contributed by atoms with Crippen LogP contribution in [-0.4, -0.2) is 41.2 Å². The third-order valence-corrected chi connectivity index (χ3v) is 6.54. The van der Waals surface area contributed by atoms with Gasteiger partial charge in [0.05, 0.1) is 5.92 Å². The lowest BCUT2D eigenvalue weighted by atomic mass is 9.76. The van der Waals surface area contributed by atoms with Gasteiger partial charge in [-0.05, 0) is 68.7 Å². The molecule has 37 heavy (non-hydrogen) atoms. The quantitative estimate of drug-likeness (QED) is 0.446. The van der Waals surface area contributed by atoms with E-state index >= 15 is 0 Å². The summed E-state index contributed by atoms with van der Waals surface area (Å²) in [5.74, 6) is -3.95. The summed E-state index contributed by atoms with van der Waals surface area (Å²) >= 11 is 6.29. The third-order valence-electron chi connectivity index (χ3n) is 6.21. The molecule has 0 spiro atoms. The first-order valence-electron chi connectivity index (χ1n) is 11.5. The number of hydrogen-bond donors (Lipinski definition) is 3. The fraction of sp³-hybridized carbons (Fsp3) is 0.423. The van der Waals surface area contributed by atoms with Crippen LogP contribution in [0.25, 0.3) is 0 Å². The number of esters is 1. The fourth-order valence-electron chi connectivity index (χ4n) is 4.19. The molecule has 0 bridgehead atoms. The number of hydrogen-bond acceptors (Lipinski definition) is 5. The highest BCUT2D eigenvalue weighted by molar-refractivity contribution is 6.31. The van der Waals surface area contributed by atoms with Crippen molar-refractivity contribution in [2.45, 2.75) is 63.8 Å². The van der Waals surface area contributed by atoms with Crippen molar-refractivity contribution in [1.82, 2.24) is 5.32 Å². The SMILES string of the molecule is CC1C(=O)Nc2ccc(C(O)(C(C)c3ccc(C(=O)NCC(=O)OC(C)(C)C)cc3Cl)C(F)(F)F)cc21. The molecule has 3 N–H and O–H groups in total. The van der Waals surface area contributed by atoms with Crippen LogP contribution in [0.2, 0.25) is 5.02 Å². The van der Waals surface area contributed by atoms with Crippen LogP contribution in [0.4, 0.5) is 18.9 Å². The van der Waals surface area contributed by atoms with E-state index in [1.807, 2.05) is 0 Å². The van der Waals surface area contributed by atoms with Crippen LogP contribution in [0, 0.1) is 0 Å². The number of rotatable bonds is 6. The van der Waals surface area contributed by atoms with E-state index in [2.05, 4.69) is 10.6 Å². The number of aliphatic hydroxyl groups is 1. The van der Waals surface area contributed by atoms with E-state index in [0.717, 1.165) is 6.07 Å². The maximum Gasteiger partial charge on any atom is 0.422 e. The normalized spacial score (nSPS) is 17.9. The summed E-state index contributed by atoms with van der Waals surface area (Å²) in [6.07, 6.45) is -5.10. The zero-order valence-electron chi connectivity index (χ0n) is 20.9. The minimum atomic E-state index is -5.10. The number of ether oxygens (including phenoxy) is 1. The van der Waals surface area contributed by atoms with Gasteiger partial charge in [0.25, 0.3) is 5.91 Å². The number of amides is 2. The molecule has 1 aliphatic rings. The number of halogens is 4. The summed E-state index contributed by atoms with van der Waals surface area (Å²) in [4.78, 5) is 36.2. The average molecular weight is 541 g/mol. The summed E-state index contributed by atoms with van der Waals surface area (Å²) in [6, 6.07) is 7.28. The van der Waals surface area contributed by atoms with Gasteiger partial charge in [-0.3, -0.25) is 14.4 Å². The molecule has 3 unspecified atom stereocenters. The van der Waals surface area contributed by atoms with Crippen molar-refractivity contribution >= 4 is 35.1 Å². The van der Waals surface area contributed by atoms with Crippen LogP contribution in [0.5, 0.6) is 0 Å². The molecule has 1 aliphatic heterocycles. The third kappa shape index (κ3) is 5.75. The molecule has 3 atom stereocenters. The summed E-state index contributed by atoms with van der Waals surface area (Å²) in [5.41, 5.74) is -3.83. The van der Waals surface area contributed by atoms with Gasteiger partial charge in [-0.25, -0.2) is 0 Å². The highest BCUT2D eigenvalue weighted by atomic mass is 35.5. The fourth-order valence-corrected chi connectivity index (χ4v) is 4.53. The summed E-state index contributed by atoms with van der Waals surface area (Å²) in [5, 5.41) is 15.9. The minimum Gasteiger partial charge on any atom is -0.459 e. The Morgan fingerprint density at radius 2 is 1.81 bits per heavy atom. The average Bonchev–Trinajstić information content (AvgIpc) is 3.07. The van der Waals surface area contributed by atoms with Gasteiger partial charge < -0.3 is 20.5 Å².